The first kappa shape index (κ1) is 12.1. The summed E-state index contributed by atoms with van der Waals surface area (Å²) in [6.07, 6.45) is 3.50. The van der Waals surface area contributed by atoms with Crippen LogP contribution in [-0.2, 0) is 6.54 Å². The van der Waals surface area contributed by atoms with E-state index in [1.165, 1.54) is 10.8 Å². The molecule has 0 aliphatic carbocycles. The lowest BCUT2D eigenvalue weighted by atomic mass is 10.1. The Morgan fingerprint density at radius 2 is 1.95 bits per heavy atom. The zero-order valence-corrected chi connectivity index (χ0v) is 11.3. The lowest BCUT2D eigenvalue weighted by Gasteiger charge is -2.24. The summed E-state index contributed by atoms with van der Waals surface area (Å²) < 4.78 is 3.24. The fourth-order valence-corrected chi connectivity index (χ4v) is 2.57. The van der Waals surface area contributed by atoms with Crippen LogP contribution in [0.25, 0.3) is 5.78 Å². The Bertz CT molecular complexity index is 602. The topological polar surface area (TPSA) is 74.0 Å². The third-order valence-electron chi connectivity index (χ3n) is 3.63. The minimum absolute atomic E-state index is 0.289. The summed E-state index contributed by atoms with van der Waals surface area (Å²) in [5.74, 6) is 1.73. The highest BCUT2D eigenvalue weighted by Crippen LogP contribution is 2.16. The van der Waals surface area contributed by atoms with E-state index < -0.39 is 0 Å². The Balaban J connectivity index is 2.08. The molecule has 7 heteroatoms. The maximum atomic E-state index is 12.1. The van der Waals surface area contributed by atoms with E-state index in [4.69, 9.17) is 0 Å². The Morgan fingerprint density at radius 1 is 1.21 bits per heavy atom. The Hall–Kier alpha value is -1.92. The van der Waals surface area contributed by atoms with Crippen molar-refractivity contribution < 1.29 is 9.51 Å². The molecule has 3 rings (SSSR count). The van der Waals surface area contributed by atoms with Gasteiger partial charge < -0.3 is 10.0 Å². The average molecular weight is 262 g/mol. The van der Waals surface area contributed by atoms with E-state index >= 15 is 0 Å². The third kappa shape index (κ3) is 1.98. The summed E-state index contributed by atoms with van der Waals surface area (Å²) in [5.41, 5.74) is 0. The minimum Gasteiger partial charge on any atom is -0.830 e. The van der Waals surface area contributed by atoms with Gasteiger partial charge in [-0.15, -0.1) is 4.98 Å². The number of nitrogens with zero attached hydrogens (tertiary/aromatic N) is 6. The van der Waals surface area contributed by atoms with Crippen molar-refractivity contribution in [1.82, 2.24) is 19.7 Å². The van der Waals surface area contributed by atoms with Gasteiger partial charge in [0.15, 0.2) is 11.8 Å². The predicted molar refractivity (Wildman–Crippen MR) is 66.9 cm³/mol. The van der Waals surface area contributed by atoms with Gasteiger partial charge in [-0.2, -0.15) is 9.08 Å². The van der Waals surface area contributed by atoms with E-state index in [1.807, 2.05) is 13.8 Å². The summed E-state index contributed by atoms with van der Waals surface area (Å²) in [4.78, 5) is 10.6. The molecular formula is C12H18N6O. The molecule has 0 radical (unpaired) electrons. The standard InChI is InChI=1S/C12H18N6O/c1-3-17-9(2)18-11(15-17)13-10(14-12(18)19)16-7-5-4-6-8-16/h3-8H2,1-2H3. The number of rotatable bonds is 2. The monoisotopic (exact) mass is 262 g/mol. The van der Waals surface area contributed by atoms with E-state index in [9.17, 15) is 5.11 Å². The highest BCUT2D eigenvalue weighted by Gasteiger charge is 2.22. The molecule has 3 heterocycles. The highest BCUT2D eigenvalue weighted by molar-refractivity contribution is 5.35. The van der Waals surface area contributed by atoms with Gasteiger partial charge in [-0.05, 0) is 26.2 Å². The van der Waals surface area contributed by atoms with Gasteiger partial charge in [-0.25, -0.2) is 0 Å². The molecule has 1 fully saturated rings. The second-order valence-electron chi connectivity index (χ2n) is 4.85. The van der Waals surface area contributed by atoms with E-state index in [-0.39, 0.29) is 6.01 Å². The number of hydrogen-bond acceptors (Lipinski definition) is 5. The fraction of sp³-hybridized carbons (Fsp3) is 0.667. The molecule has 2 aromatic rings. The molecule has 2 aromatic heterocycles. The quantitative estimate of drug-likeness (QED) is 0.701. The number of fused-ring (bicyclic) bond motifs is 1. The van der Waals surface area contributed by atoms with E-state index in [0.717, 1.165) is 31.8 Å². The molecule has 0 spiro atoms. The summed E-state index contributed by atoms with van der Waals surface area (Å²) in [6.45, 7) is 6.40. The van der Waals surface area contributed by atoms with Crippen LogP contribution in [0.2, 0.25) is 0 Å². The molecule has 0 saturated carbocycles. The zero-order chi connectivity index (χ0) is 13.4. The SMILES string of the molecule is CCn1nc2nc(N3CCCCC3)nc([O-])[n+]2c1C. The third-order valence-corrected chi connectivity index (χ3v) is 3.63. The molecule has 1 saturated heterocycles. The van der Waals surface area contributed by atoms with Gasteiger partial charge in [0.25, 0.3) is 0 Å². The van der Waals surface area contributed by atoms with Crippen LogP contribution >= 0.6 is 0 Å². The van der Waals surface area contributed by atoms with Crippen molar-refractivity contribution in [2.75, 3.05) is 18.0 Å². The number of piperidine rings is 1. The first-order valence-corrected chi connectivity index (χ1v) is 6.80. The molecule has 7 nitrogen and oxygen atoms in total. The maximum absolute atomic E-state index is 12.1. The molecule has 1 aliphatic rings. The van der Waals surface area contributed by atoms with Crippen molar-refractivity contribution in [2.24, 2.45) is 0 Å². The molecule has 102 valence electrons. The first-order chi connectivity index (χ1) is 9.20. The van der Waals surface area contributed by atoms with Crippen LogP contribution in [0.4, 0.5) is 5.95 Å². The van der Waals surface area contributed by atoms with Crippen LogP contribution < -0.4 is 14.4 Å². The second-order valence-corrected chi connectivity index (χ2v) is 4.85. The van der Waals surface area contributed by atoms with Crippen molar-refractivity contribution >= 4 is 11.7 Å². The van der Waals surface area contributed by atoms with Gasteiger partial charge in [-0.3, -0.25) is 0 Å². The number of hydrogen-bond donors (Lipinski definition) is 0. The van der Waals surface area contributed by atoms with E-state index in [2.05, 4.69) is 20.0 Å². The Morgan fingerprint density at radius 3 is 2.63 bits per heavy atom. The van der Waals surface area contributed by atoms with Crippen LogP contribution in [-0.4, -0.2) is 32.8 Å². The summed E-state index contributed by atoms with van der Waals surface area (Å²) in [7, 11) is 0. The lowest BCUT2D eigenvalue weighted by molar-refractivity contribution is -0.599. The maximum Gasteiger partial charge on any atom is 0.391 e. The normalized spacial score (nSPS) is 16.2. The number of aryl methyl sites for hydroxylation is 2. The van der Waals surface area contributed by atoms with E-state index in [0.29, 0.717) is 18.3 Å². The molecule has 0 amide bonds. The van der Waals surface area contributed by atoms with Crippen molar-refractivity contribution in [3.8, 4) is 6.01 Å². The lowest BCUT2D eigenvalue weighted by Crippen LogP contribution is -2.36. The van der Waals surface area contributed by atoms with Crippen molar-refractivity contribution in [1.29, 1.82) is 0 Å². The summed E-state index contributed by atoms with van der Waals surface area (Å²) in [6, 6.07) is -0.289. The minimum atomic E-state index is -0.289. The Kier molecular flexibility index (Phi) is 2.96. The highest BCUT2D eigenvalue weighted by atomic mass is 16.3. The van der Waals surface area contributed by atoms with Gasteiger partial charge in [-0.1, -0.05) is 4.98 Å². The summed E-state index contributed by atoms with van der Waals surface area (Å²) in [5, 5.41) is 16.5. The van der Waals surface area contributed by atoms with Crippen molar-refractivity contribution in [2.45, 2.75) is 39.7 Å². The predicted octanol–water partition coefficient (Wildman–Crippen LogP) is -0.196. The second kappa shape index (κ2) is 4.64. The first-order valence-electron chi connectivity index (χ1n) is 6.80. The van der Waals surface area contributed by atoms with Gasteiger partial charge in [0.2, 0.25) is 0 Å². The molecular weight excluding hydrogens is 244 g/mol. The molecule has 0 aromatic carbocycles. The van der Waals surface area contributed by atoms with E-state index in [1.54, 1.807) is 4.68 Å². The fourth-order valence-electron chi connectivity index (χ4n) is 2.57. The number of anilines is 1. The largest absolute Gasteiger partial charge is 0.830 e. The smallest absolute Gasteiger partial charge is 0.391 e. The molecule has 0 bridgehead atoms. The van der Waals surface area contributed by atoms with Crippen LogP contribution in [0, 0.1) is 6.92 Å². The van der Waals surface area contributed by atoms with Crippen LogP contribution in [0.15, 0.2) is 0 Å². The van der Waals surface area contributed by atoms with Gasteiger partial charge in [0, 0.05) is 25.1 Å². The van der Waals surface area contributed by atoms with Gasteiger partial charge in [0.05, 0.1) is 6.54 Å². The van der Waals surface area contributed by atoms with Crippen LogP contribution in [0.1, 0.15) is 32.0 Å². The Labute approximate surface area is 111 Å². The zero-order valence-electron chi connectivity index (χ0n) is 11.3. The number of aromatic nitrogens is 5. The van der Waals surface area contributed by atoms with Crippen LogP contribution in [0.3, 0.4) is 0 Å². The van der Waals surface area contributed by atoms with Gasteiger partial charge in [0.1, 0.15) is 0 Å². The van der Waals surface area contributed by atoms with Gasteiger partial charge >= 0.3 is 11.7 Å². The average Bonchev–Trinajstić information content (AvgIpc) is 2.76. The van der Waals surface area contributed by atoms with Crippen LogP contribution in [0.5, 0.6) is 6.01 Å². The summed E-state index contributed by atoms with van der Waals surface area (Å²) >= 11 is 0. The van der Waals surface area contributed by atoms with Crippen molar-refractivity contribution in [3.05, 3.63) is 5.82 Å². The molecule has 1 aliphatic heterocycles. The molecule has 0 atom stereocenters. The van der Waals surface area contributed by atoms with Crippen molar-refractivity contribution in [3.63, 3.8) is 0 Å². The molecule has 0 unspecified atom stereocenters. The molecule has 0 N–H and O–H groups in total. The molecule has 19 heavy (non-hydrogen) atoms.